The summed E-state index contributed by atoms with van der Waals surface area (Å²) in [7, 11) is 0. The SMILES string of the molecule is CC(C)CN1C(=O)SC(=C(OCc2ccccc2F)c2ccccc2)C1=O. The molecule has 1 saturated heterocycles. The van der Waals surface area contributed by atoms with Gasteiger partial charge in [0, 0.05) is 17.7 Å². The topological polar surface area (TPSA) is 46.6 Å². The van der Waals surface area contributed by atoms with Gasteiger partial charge >= 0.3 is 0 Å². The van der Waals surface area contributed by atoms with E-state index in [2.05, 4.69) is 0 Å². The number of benzene rings is 2. The van der Waals surface area contributed by atoms with Gasteiger partial charge in [0.05, 0.1) is 0 Å². The average Bonchev–Trinajstić information content (AvgIpc) is 2.92. The van der Waals surface area contributed by atoms with Crippen LogP contribution in [0.15, 0.2) is 59.5 Å². The van der Waals surface area contributed by atoms with Gasteiger partial charge in [-0.2, -0.15) is 0 Å². The molecule has 2 aromatic carbocycles. The first-order chi connectivity index (χ1) is 13.0. The molecule has 6 heteroatoms. The Labute approximate surface area is 162 Å². The van der Waals surface area contributed by atoms with Crippen molar-refractivity contribution in [1.29, 1.82) is 0 Å². The number of nitrogens with zero attached hydrogens (tertiary/aromatic N) is 1. The van der Waals surface area contributed by atoms with E-state index in [4.69, 9.17) is 4.74 Å². The Balaban J connectivity index is 1.95. The lowest BCUT2D eigenvalue weighted by Crippen LogP contribution is -2.31. The molecule has 1 fully saturated rings. The molecule has 1 aliphatic heterocycles. The summed E-state index contributed by atoms with van der Waals surface area (Å²) in [5.41, 5.74) is 1.05. The largest absolute Gasteiger partial charge is 0.487 e. The molecular formula is C21H20FNO3S. The van der Waals surface area contributed by atoms with Crippen molar-refractivity contribution >= 4 is 28.7 Å². The van der Waals surface area contributed by atoms with Crippen LogP contribution in [-0.2, 0) is 16.1 Å². The lowest BCUT2D eigenvalue weighted by atomic mass is 10.1. The van der Waals surface area contributed by atoms with Gasteiger partial charge in [0.1, 0.15) is 23.1 Å². The highest BCUT2D eigenvalue weighted by Gasteiger charge is 2.38. The number of carbonyl (C=O) groups excluding carboxylic acids is 2. The van der Waals surface area contributed by atoms with Gasteiger partial charge in [-0.25, -0.2) is 4.39 Å². The van der Waals surface area contributed by atoms with E-state index in [-0.39, 0.29) is 34.4 Å². The second kappa shape index (κ2) is 8.39. The van der Waals surface area contributed by atoms with Crippen molar-refractivity contribution in [2.45, 2.75) is 20.5 Å². The van der Waals surface area contributed by atoms with Crippen LogP contribution in [0.2, 0.25) is 0 Å². The average molecular weight is 385 g/mol. The van der Waals surface area contributed by atoms with Crippen molar-refractivity contribution < 1.29 is 18.7 Å². The maximum atomic E-state index is 13.9. The molecule has 0 spiro atoms. The van der Waals surface area contributed by atoms with E-state index >= 15 is 0 Å². The van der Waals surface area contributed by atoms with Gasteiger partial charge in [-0.05, 0) is 23.7 Å². The van der Waals surface area contributed by atoms with E-state index in [1.807, 2.05) is 32.0 Å². The number of carbonyl (C=O) groups is 2. The molecular weight excluding hydrogens is 365 g/mol. The van der Waals surface area contributed by atoms with Gasteiger partial charge < -0.3 is 4.74 Å². The number of thioether (sulfide) groups is 1. The highest BCUT2D eigenvalue weighted by atomic mass is 32.2. The predicted octanol–water partition coefficient (Wildman–Crippen LogP) is 5.06. The number of ether oxygens (including phenoxy) is 1. The van der Waals surface area contributed by atoms with Crippen LogP contribution in [0.1, 0.15) is 25.0 Å². The monoisotopic (exact) mass is 385 g/mol. The number of hydrogen-bond donors (Lipinski definition) is 0. The Morgan fingerprint density at radius 1 is 1.07 bits per heavy atom. The standard InChI is InChI=1S/C21H20FNO3S/c1-14(2)12-23-20(24)19(27-21(23)25)18(15-8-4-3-5-9-15)26-13-16-10-6-7-11-17(16)22/h3-11,14H,12-13H2,1-2H3. The lowest BCUT2D eigenvalue weighted by molar-refractivity contribution is -0.123. The molecule has 0 bridgehead atoms. The minimum absolute atomic E-state index is 0.0351. The van der Waals surface area contributed by atoms with Crippen LogP contribution < -0.4 is 0 Å². The van der Waals surface area contributed by atoms with Crippen LogP contribution in [0.25, 0.3) is 5.76 Å². The van der Waals surface area contributed by atoms with E-state index in [0.29, 0.717) is 23.4 Å². The van der Waals surface area contributed by atoms with Crippen molar-refractivity contribution in [3.05, 3.63) is 76.4 Å². The van der Waals surface area contributed by atoms with Crippen molar-refractivity contribution in [2.24, 2.45) is 5.92 Å². The fraction of sp³-hybridized carbons (Fsp3) is 0.238. The van der Waals surface area contributed by atoms with Gasteiger partial charge in [0.25, 0.3) is 11.1 Å². The highest BCUT2D eigenvalue weighted by molar-refractivity contribution is 8.18. The minimum Gasteiger partial charge on any atom is -0.487 e. The summed E-state index contributed by atoms with van der Waals surface area (Å²) in [6, 6.07) is 15.4. The first kappa shape index (κ1) is 19.2. The van der Waals surface area contributed by atoms with E-state index < -0.39 is 0 Å². The Morgan fingerprint density at radius 2 is 1.74 bits per heavy atom. The number of halogens is 1. The Bertz CT molecular complexity index is 880. The van der Waals surface area contributed by atoms with E-state index in [0.717, 1.165) is 11.8 Å². The molecule has 1 aliphatic rings. The first-order valence-electron chi connectivity index (χ1n) is 8.67. The van der Waals surface area contributed by atoms with Gasteiger partial charge in [0.15, 0.2) is 0 Å². The van der Waals surface area contributed by atoms with Crippen LogP contribution in [0, 0.1) is 11.7 Å². The number of imide groups is 1. The molecule has 0 N–H and O–H groups in total. The summed E-state index contributed by atoms with van der Waals surface area (Å²) in [6.45, 7) is 4.20. The predicted molar refractivity (Wildman–Crippen MR) is 104 cm³/mol. The van der Waals surface area contributed by atoms with Crippen LogP contribution in [-0.4, -0.2) is 22.6 Å². The van der Waals surface area contributed by atoms with Crippen molar-refractivity contribution in [2.75, 3.05) is 6.54 Å². The second-order valence-corrected chi connectivity index (χ2v) is 7.54. The Hall–Kier alpha value is -2.60. The molecule has 1 heterocycles. The Morgan fingerprint density at radius 3 is 2.41 bits per heavy atom. The maximum absolute atomic E-state index is 13.9. The molecule has 0 radical (unpaired) electrons. The van der Waals surface area contributed by atoms with Gasteiger partial charge in [-0.15, -0.1) is 0 Å². The third-order valence-electron chi connectivity index (χ3n) is 3.97. The number of amides is 2. The molecule has 0 saturated carbocycles. The molecule has 0 aromatic heterocycles. The Kier molecular flexibility index (Phi) is 5.96. The summed E-state index contributed by atoms with van der Waals surface area (Å²) < 4.78 is 19.8. The maximum Gasteiger partial charge on any atom is 0.293 e. The normalized spacial score (nSPS) is 16.2. The highest BCUT2D eigenvalue weighted by Crippen LogP contribution is 2.37. The molecule has 0 atom stereocenters. The fourth-order valence-electron chi connectivity index (χ4n) is 2.69. The number of hydrogen-bond acceptors (Lipinski definition) is 4. The molecule has 0 aliphatic carbocycles. The van der Waals surface area contributed by atoms with Crippen molar-refractivity contribution in [3.63, 3.8) is 0 Å². The zero-order valence-electron chi connectivity index (χ0n) is 15.1. The summed E-state index contributed by atoms with van der Waals surface area (Å²) in [5.74, 6) is -0.283. The van der Waals surface area contributed by atoms with Crippen molar-refractivity contribution in [1.82, 2.24) is 4.90 Å². The minimum atomic E-state index is -0.377. The van der Waals surface area contributed by atoms with E-state index in [9.17, 15) is 14.0 Å². The van der Waals surface area contributed by atoms with Crippen LogP contribution in [0.3, 0.4) is 0 Å². The van der Waals surface area contributed by atoms with Gasteiger partial charge in [-0.3, -0.25) is 14.5 Å². The van der Waals surface area contributed by atoms with Crippen molar-refractivity contribution in [3.8, 4) is 0 Å². The second-order valence-electron chi connectivity index (χ2n) is 6.58. The fourth-order valence-corrected chi connectivity index (χ4v) is 3.60. The first-order valence-corrected chi connectivity index (χ1v) is 9.48. The molecule has 140 valence electrons. The molecule has 4 nitrogen and oxygen atoms in total. The van der Waals surface area contributed by atoms with E-state index in [1.165, 1.54) is 11.0 Å². The third kappa shape index (κ3) is 4.39. The number of rotatable bonds is 6. The van der Waals surface area contributed by atoms with E-state index in [1.54, 1.807) is 30.3 Å². The molecule has 0 unspecified atom stereocenters. The zero-order chi connectivity index (χ0) is 19.4. The quantitative estimate of drug-likeness (QED) is 0.515. The lowest BCUT2D eigenvalue weighted by Gasteiger charge is -2.16. The summed E-state index contributed by atoms with van der Waals surface area (Å²) in [6.07, 6.45) is 0. The summed E-state index contributed by atoms with van der Waals surface area (Å²) in [5, 5.41) is -0.313. The molecule has 27 heavy (non-hydrogen) atoms. The zero-order valence-corrected chi connectivity index (χ0v) is 16.0. The van der Waals surface area contributed by atoms with Crippen LogP contribution >= 0.6 is 11.8 Å². The van der Waals surface area contributed by atoms with Crippen LogP contribution in [0.4, 0.5) is 9.18 Å². The smallest absolute Gasteiger partial charge is 0.293 e. The molecule has 3 rings (SSSR count). The third-order valence-corrected chi connectivity index (χ3v) is 4.93. The summed E-state index contributed by atoms with van der Waals surface area (Å²) in [4.78, 5) is 26.6. The molecule has 2 amide bonds. The van der Waals surface area contributed by atoms with Gasteiger partial charge in [0.2, 0.25) is 0 Å². The van der Waals surface area contributed by atoms with Gasteiger partial charge in [-0.1, -0.05) is 62.4 Å². The molecule has 2 aromatic rings. The van der Waals surface area contributed by atoms with Crippen LogP contribution in [0.5, 0.6) is 0 Å². The summed E-state index contributed by atoms with van der Waals surface area (Å²) >= 11 is 0.864.